The molecule has 5 heteroatoms. The van der Waals surface area contributed by atoms with Gasteiger partial charge in [-0.25, -0.2) is 9.18 Å². The molecule has 0 aromatic heterocycles. The predicted molar refractivity (Wildman–Crippen MR) is 92.9 cm³/mol. The van der Waals surface area contributed by atoms with Crippen molar-refractivity contribution in [2.24, 2.45) is 0 Å². The first kappa shape index (κ1) is 16.1. The molecule has 0 bridgehead atoms. The van der Waals surface area contributed by atoms with E-state index in [1.165, 1.54) is 17.7 Å². The number of ether oxygens (including phenoxy) is 1. The Hall–Kier alpha value is -2.40. The first-order valence-corrected chi connectivity index (χ1v) is 8.73. The van der Waals surface area contributed by atoms with Gasteiger partial charge >= 0.3 is 6.09 Å². The van der Waals surface area contributed by atoms with Gasteiger partial charge in [0.05, 0.1) is 6.04 Å². The van der Waals surface area contributed by atoms with E-state index in [4.69, 9.17) is 4.74 Å². The molecule has 25 heavy (non-hydrogen) atoms. The molecule has 0 radical (unpaired) electrons. The van der Waals surface area contributed by atoms with Crippen molar-refractivity contribution in [3.8, 4) is 0 Å². The highest BCUT2D eigenvalue weighted by Crippen LogP contribution is 2.35. The van der Waals surface area contributed by atoms with Crippen LogP contribution in [0.25, 0.3) is 0 Å². The summed E-state index contributed by atoms with van der Waals surface area (Å²) in [6.07, 6.45) is 1.28. The molecule has 0 spiro atoms. The first-order valence-electron chi connectivity index (χ1n) is 8.73. The van der Waals surface area contributed by atoms with E-state index in [9.17, 15) is 9.18 Å². The van der Waals surface area contributed by atoms with Crippen LogP contribution < -0.4 is 5.32 Å². The molecule has 2 heterocycles. The third kappa shape index (κ3) is 3.24. The second kappa shape index (κ2) is 6.84. The van der Waals surface area contributed by atoms with Gasteiger partial charge in [-0.05, 0) is 48.2 Å². The molecule has 2 aromatic rings. The van der Waals surface area contributed by atoms with Gasteiger partial charge in [-0.1, -0.05) is 36.4 Å². The van der Waals surface area contributed by atoms with Gasteiger partial charge in [0.2, 0.25) is 0 Å². The summed E-state index contributed by atoms with van der Waals surface area (Å²) in [5.74, 6) is -0.279. The first-order chi connectivity index (χ1) is 12.2. The summed E-state index contributed by atoms with van der Waals surface area (Å²) in [4.78, 5) is 14.6. The van der Waals surface area contributed by atoms with E-state index < -0.39 is 0 Å². The zero-order valence-corrected chi connectivity index (χ0v) is 14.0. The average Bonchev–Trinajstić information content (AvgIpc) is 3.14. The van der Waals surface area contributed by atoms with Crippen LogP contribution in [-0.2, 0) is 11.2 Å². The van der Waals surface area contributed by atoms with E-state index in [1.54, 1.807) is 17.0 Å². The fourth-order valence-electron chi connectivity index (χ4n) is 3.71. The summed E-state index contributed by atoms with van der Waals surface area (Å²) in [5, 5.41) is 3.21. The number of rotatable bonds is 2. The Labute approximate surface area is 146 Å². The molecule has 130 valence electrons. The van der Waals surface area contributed by atoms with Crippen LogP contribution in [0.5, 0.6) is 0 Å². The van der Waals surface area contributed by atoms with Crippen LogP contribution in [0.2, 0.25) is 0 Å². The lowest BCUT2D eigenvalue weighted by molar-refractivity contribution is 0.0601. The van der Waals surface area contributed by atoms with Gasteiger partial charge in [0.25, 0.3) is 0 Å². The maximum Gasteiger partial charge on any atom is 0.410 e. The van der Waals surface area contributed by atoms with Crippen molar-refractivity contribution in [1.82, 2.24) is 10.2 Å². The van der Waals surface area contributed by atoms with Crippen LogP contribution in [0.4, 0.5) is 9.18 Å². The Bertz CT molecular complexity index is 757. The zero-order chi connectivity index (χ0) is 17.2. The maximum absolute atomic E-state index is 13.4. The molecule has 0 aliphatic carbocycles. The lowest BCUT2D eigenvalue weighted by Gasteiger charge is -2.37. The molecule has 1 N–H and O–H groups in total. The number of benzene rings is 2. The van der Waals surface area contributed by atoms with Gasteiger partial charge in [-0.3, -0.25) is 4.90 Å². The summed E-state index contributed by atoms with van der Waals surface area (Å²) in [6, 6.07) is 14.3. The summed E-state index contributed by atoms with van der Waals surface area (Å²) < 4.78 is 19.1. The summed E-state index contributed by atoms with van der Waals surface area (Å²) in [6.45, 7) is 2.18. The lowest BCUT2D eigenvalue weighted by atomic mass is 9.88. The summed E-state index contributed by atoms with van der Waals surface area (Å²) >= 11 is 0. The number of amides is 1. The molecule has 1 saturated heterocycles. The van der Waals surface area contributed by atoms with E-state index >= 15 is 0 Å². The minimum atomic E-state index is -0.294. The van der Waals surface area contributed by atoms with Gasteiger partial charge in [-0.15, -0.1) is 0 Å². The molecule has 0 saturated carbocycles. The quantitative estimate of drug-likeness (QED) is 0.912. The zero-order valence-electron chi connectivity index (χ0n) is 14.0. The van der Waals surface area contributed by atoms with E-state index in [0.29, 0.717) is 13.1 Å². The Morgan fingerprint density at radius 1 is 1.16 bits per heavy atom. The number of hydrogen-bond donors (Lipinski definition) is 1. The topological polar surface area (TPSA) is 41.6 Å². The second-order valence-electron chi connectivity index (χ2n) is 6.59. The van der Waals surface area contributed by atoms with Crippen LogP contribution in [-0.4, -0.2) is 36.7 Å². The van der Waals surface area contributed by atoms with Crippen molar-refractivity contribution in [3.05, 3.63) is 71.0 Å². The smallest absolute Gasteiger partial charge is 0.410 e. The van der Waals surface area contributed by atoms with Crippen LogP contribution in [0.3, 0.4) is 0 Å². The number of fused-ring (bicyclic) bond motifs is 1. The van der Waals surface area contributed by atoms with E-state index in [1.807, 2.05) is 18.2 Å². The van der Waals surface area contributed by atoms with E-state index in [0.717, 1.165) is 30.5 Å². The SMILES string of the molecule is O=C(O[C@@H]1CCNC1)N1CCc2ccccc2[C@@H]1c1ccc(F)cc1. The van der Waals surface area contributed by atoms with Crippen molar-refractivity contribution in [3.63, 3.8) is 0 Å². The predicted octanol–water partition coefficient (Wildman–Crippen LogP) is 3.27. The Morgan fingerprint density at radius 2 is 1.96 bits per heavy atom. The molecule has 2 aliphatic heterocycles. The average molecular weight is 340 g/mol. The highest BCUT2D eigenvalue weighted by atomic mass is 19.1. The third-order valence-electron chi connectivity index (χ3n) is 4.99. The molecule has 2 atom stereocenters. The maximum atomic E-state index is 13.4. The normalized spacial score (nSPS) is 22.5. The van der Waals surface area contributed by atoms with Crippen LogP contribution in [0.15, 0.2) is 48.5 Å². The standard InChI is InChI=1S/C20H21FN2O2/c21-16-7-5-15(6-8-16)19-18-4-2-1-3-14(18)10-12-23(19)20(24)25-17-9-11-22-13-17/h1-8,17,19,22H,9-13H2/t17-,19+/m1/s1. The fraction of sp³-hybridized carbons (Fsp3) is 0.350. The van der Waals surface area contributed by atoms with Crippen LogP contribution in [0.1, 0.15) is 29.2 Å². The van der Waals surface area contributed by atoms with E-state index in [2.05, 4.69) is 11.4 Å². The monoisotopic (exact) mass is 340 g/mol. The Balaban J connectivity index is 1.67. The van der Waals surface area contributed by atoms with Crippen molar-refractivity contribution in [2.45, 2.75) is 25.0 Å². The number of carbonyl (C=O) groups is 1. The van der Waals surface area contributed by atoms with Crippen molar-refractivity contribution in [1.29, 1.82) is 0 Å². The summed E-state index contributed by atoms with van der Waals surface area (Å²) in [7, 11) is 0. The molecule has 4 rings (SSSR count). The van der Waals surface area contributed by atoms with Gasteiger partial charge in [-0.2, -0.15) is 0 Å². The number of carbonyl (C=O) groups excluding carboxylic acids is 1. The lowest BCUT2D eigenvalue weighted by Crippen LogP contribution is -2.42. The van der Waals surface area contributed by atoms with Gasteiger partial charge in [0.15, 0.2) is 0 Å². The molecule has 2 aromatic carbocycles. The third-order valence-corrected chi connectivity index (χ3v) is 4.99. The molecule has 1 amide bonds. The molecule has 1 fully saturated rings. The van der Waals surface area contributed by atoms with Crippen molar-refractivity contribution < 1.29 is 13.9 Å². The minimum Gasteiger partial charge on any atom is -0.445 e. The molecule has 4 nitrogen and oxygen atoms in total. The Kier molecular flexibility index (Phi) is 4.40. The van der Waals surface area contributed by atoms with Gasteiger partial charge < -0.3 is 10.1 Å². The second-order valence-corrected chi connectivity index (χ2v) is 6.59. The van der Waals surface area contributed by atoms with E-state index in [-0.39, 0.29) is 24.1 Å². The van der Waals surface area contributed by atoms with Crippen LogP contribution in [0, 0.1) is 5.82 Å². The molecular weight excluding hydrogens is 319 g/mol. The minimum absolute atomic E-state index is 0.0708. The van der Waals surface area contributed by atoms with Crippen molar-refractivity contribution >= 4 is 6.09 Å². The van der Waals surface area contributed by atoms with Crippen molar-refractivity contribution in [2.75, 3.05) is 19.6 Å². The highest BCUT2D eigenvalue weighted by molar-refractivity contribution is 5.70. The number of halogens is 1. The highest BCUT2D eigenvalue weighted by Gasteiger charge is 2.34. The molecular formula is C20H21FN2O2. The largest absolute Gasteiger partial charge is 0.445 e. The molecule has 2 aliphatic rings. The fourth-order valence-corrected chi connectivity index (χ4v) is 3.71. The van der Waals surface area contributed by atoms with Crippen LogP contribution >= 0.6 is 0 Å². The summed E-state index contributed by atoms with van der Waals surface area (Å²) in [5.41, 5.74) is 3.21. The number of nitrogens with zero attached hydrogens (tertiary/aromatic N) is 1. The Morgan fingerprint density at radius 3 is 2.72 bits per heavy atom. The molecule has 0 unspecified atom stereocenters. The number of hydrogen-bond acceptors (Lipinski definition) is 3. The van der Waals surface area contributed by atoms with Gasteiger partial charge in [0, 0.05) is 13.1 Å². The number of nitrogens with one attached hydrogen (secondary N) is 1. The van der Waals surface area contributed by atoms with Gasteiger partial charge in [0.1, 0.15) is 11.9 Å².